The molecule has 0 spiro atoms. The van der Waals surface area contributed by atoms with Crippen LogP contribution >= 0.6 is 23.7 Å². The van der Waals surface area contributed by atoms with E-state index in [0.717, 1.165) is 21.9 Å². The lowest BCUT2D eigenvalue weighted by atomic mass is 10.1. The van der Waals surface area contributed by atoms with Gasteiger partial charge in [-0.3, -0.25) is 9.59 Å². The lowest BCUT2D eigenvalue weighted by Crippen LogP contribution is -2.36. The van der Waals surface area contributed by atoms with Crippen molar-refractivity contribution in [2.75, 3.05) is 26.2 Å². The monoisotopic (exact) mass is 389 g/mol. The van der Waals surface area contributed by atoms with Gasteiger partial charge in [0.05, 0.1) is 4.70 Å². The maximum absolute atomic E-state index is 12.9. The summed E-state index contributed by atoms with van der Waals surface area (Å²) in [7, 11) is 0. The highest BCUT2D eigenvalue weighted by Crippen LogP contribution is 2.33. The highest BCUT2D eigenvalue weighted by molar-refractivity contribution is 7.25. The van der Waals surface area contributed by atoms with E-state index in [2.05, 4.69) is 17.1 Å². The summed E-state index contributed by atoms with van der Waals surface area (Å²) >= 11 is 1.69. The van der Waals surface area contributed by atoms with Gasteiger partial charge in [0.15, 0.2) is 0 Å². The van der Waals surface area contributed by atoms with Gasteiger partial charge < -0.3 is 9.80 Å². The molecule has 1 aromatic carbocycles. The first-order valence-corrected chi connectivity index (χ1v) is 9.27. The molecule has 3 heterocycles. The van der Waals surface area contributed by atoms with Crippen molar-refractivity contribution in [1.82, 2.24) is 14.8 Å². The molecule has 4 rings (SSSR count). The highest BCUT2D eigenvalue weighted by atomic mass is 35.5. The number of hydrogen-bond donors (Lipinski definition) is 0. The van der Waals surface area contributed by atoms with Gasteiger partial charge in [0.2, 0.25) is 5.91 Å². The number of hydrogen-bond acceptors (Lipinski definition) is 4. The van der Waals surface area contributed by atoms with Crippen molar-refractivity contribution in [2.24, 2.45) is 0 Å². The summed E-state index contributed by atoms with van der Waals surface area (Å²) in [5.41, 5.74) is 0.479. The summed E-state index contributed by atoms with van der Waals surface area (Å²) < 4.78 is 2.30. The molecule has 1 aliphatic rings. The topological polar surface area (TPSA) is 53.5 Å². The second-order valence-electron chi connectivity index (χ2n) is 6.32. The van der Waals surface area contributed by atoms with E-state index in [4.69, 9.17) is 0 Å². The zero-order chi connectivity index (χ0) is 17.4. The number of fused-ring (bicyclic) bond motifs is 3. The van der Waals surface area contributed by atoms with Crippen LogP contribution in [-0.2, 0) is 4.79 Å². The third-order valence-corrected chi connectivity index (χ3v) is 5.83. The minimum absolute atomic E-state index is 0. The van der Waals surface area contributed by atoms with Gasteiger partial charge in [-0.25, -0.2) is 4.98 Å². The van der Waals surface area contributed by atoms with Crippen LogP contribution in [0.25, 0.3) is 20.2 Å². The van der Waals surface area contributed by atoms with E-state index >= 15 is 0 Å². The fraction of sp³-hybridized carbons (Fsp3) is 0.316. The Balaban J connectivity index is 0.00000196. The van der Waals surface area contributed by atoms with Gasteiger partial charge in [-0.15, -0.1) is 23.7 Å². The van der Waals surface area contributed by atoms with Crippen molar-refractivity contribution in [3.63, 3.8) is 0 Å². The van der Waals surface area contributed by atoms with E-state index in [1.54, 1.807) is 29.4 Å². The third-order valence-electron chi connectivity index (χ3n) is 4.71. The molecule has 1 aliphatic heterocycles. The molecule has 1 saturated heterocycles. The number of pyridine rings is 1. The molecule has 7 heteroatoms. The second-order valence-corrected chi connectivity index (χ2v) is 7.40. The lowest BCUT2D eigenvalue weighted by Gasteiger charge is -2.21. The Kier molecular flexibility index (Phi) is 5.44. The molecule has 136 valence electrons. The summed E-state index contributed by atoms with van der Waals surface area (Å²) in [5, 5.41) is 2.25. The van der Waals surface area contributed by atoms with Crippen LogP contribution in [0, 0.1) is 0 Å². The normalized spacial score (nSPS) is 15.0. The van der Waals surface area contributed by atoms with Gasteiger partial charge in [-0.1, -0.05) is 18.2 Å². The summed E-state index contributed by atoms with van der Waals surface area (Å²) in [6.07, 6.45) is 2.60. The number of carbonyl (C=O) groups excluding carboxylic acids is 2. The maximum atomic E-state index is 12.9. The van der Waals surface area contributed by atoms with Crippen LogP contribution in [0.1, 0.15) is 23.8 Å². The van der Waals surface area contributed by atoms with Gasteiger partial charge in [-0.2, -0.15) is 0 Å². The number of aromatic nitrogens is 1. The molecule has 2 aromatic heterocycles. The standard InChI is InChI=1S/C19H19N3O2S.ClH/c1-13(23)21-7-4-8-22(10-9-21)19(24)16-11-15-14-5-2-3-6-17(14)25-18(15)12-20-16;/h2-3,5-6,11-12H,4,7-10H2,1H3;1H. The van der Waals surface area contributed by atoms with Crippen LogP contribution in [0.2, 0.25) is 0 Å². The van der Waals surface area contributed by atoms with Crippen LogP contribution in [0.4, 0.5) is 0 Å². The van der Waals surface area contributed by atoms with Crippen molar-refractivity contribution >= 4 is 55.7 Å². The summed E-state index contributed by atoms with van der Waals surface area (Å²) in [6, 6.07) is 10.1. The third kappa shape index (κ3) is 3.39. The van der Waals surface area contributed by atoms with Crippen molar-refractivity contribution in [2.45, 2.75) is 13.3 Å². The van der Waals surface area contributed by atoms with Crippen LogP contribution in [-0.4, -0.2) is 52.8 Å². The fourth-order valence-electron chi connectivity index (χ4n) is 3.35. The lowest BCUT2D eigenvalue weighted by molar-refractivity contribution is -0.128. The molecule has 0 N–H and O–H groups in total. The largest absolute Gasteiger partial charge is 0.341 e. The van der Waals surface area contributed by atoms with E-state index in [1.165, 1.54) is 4.70 Å². The van der Waals surface area contributed by atoms with Crippen LogP contribution in [0.3, 0.4) is 0 Å². The average molecular weight is 390 g/mol. The molecule has 5 nitrogen and oxygen atoms in total. The molecule has 2 amide bonds. The number of amides is 2. The zero-order valence-electron chi connectivity index (χ0n) is 14.5. The van der Waals surface area contributed by atoms with Gasteiger partial charge >= 0.3 is 0 Å². The molecule has 0 aliphatic carbocycles. The Hall–Kier alpha value is -2.18. The molecule has 1 fully saturated rings. The predicted octanol–water partition coefficient (Wildman–Crippen LogP) is 3.57. The first-order chi connectivity index (χ1) is 12.1. The van der Waals surface area contributed by atoms with Gasteiger partial charge in [-0.05, 0) is 18.6 Å². The van der Waals surface area contributed by atoms with Crippen molar-refractivity contribution in [3.05, 3.63) is 42.2 Å². The van der Waals surface area contributed by atoms with Crippen molar-refractivity contribution in [3.8, 4) is 0 Å². The molecular weight excluding hydrogens is 370 g/mol. The van der Waals surface area contributed by atoms with Crippen LogP contribution in [0.15, 0.2) is 36.5 Å². The number of thiophene rings is 1. The Morgan fingerprint density at radius 2 is 1.73 bits per heavy atom. The van der Waals surface area contributed by atoms with Crippen molar-refractivity contribution in [1.29, 1.82) is 0 Å². The second kappa shape index (κ2) is 7.60. The number of benzene rings is 1. The molecule has 0 unspecified atom stereocenters. The van der Waals surface area contributed by atoms with Gasteiger partial charge in [0.25, 0.3) is 5.91 Å². The van der Waals surface area contributed by atoms with Gasteiger partial charge in [0, 0.05) is 54.8 Å². The van der Waals surface area contributed by atoms with Crippen LogP contribution in [0.5, 0.6) is 0 Å². The minimum Gasteiger partial charge on any atom is -0.341 e. The molecule has 26 heavy (non-hydrogen) atoms. The minimum atomic E-state index is -0.0532. The number of halogens is 1. The SMILES string of the molecule is CC(=O)N1CCCN(C(=O)c2cc3c(cn2)sc2ccccc23)CC1.Cl. The first kappa shape index (κ1) is 18.6. The van der Waals surface area contributed by atoms with Crippen LogP contribution < -0.4 is 0 Å². The highest BCUT2D eigenvalue weighted by Gasteiger charge is 2.22. The summed E-state index contributed by atoms with van der Waals surface area (Å²) in [5.74, 6) is 0.0150. The zero-order valence-corrected chi connectivity index (χ0v) is 16.1. The predicted molar refractivity (Wildman–Crippen MR) is 107 cm³/mol. The maximum Gasteiger partial charge on any atom is 0.272 e. The van der Waals surface area contributed by atoms with E-state index in [9.17, 15) is 9.59 Å². The first-order valence-electron chi connectivity index (χ1n) is 8.45. The molecular formula is C19H20ClN3O2S. The van der Waals surface area contributed by atoms with E-state index < -0.39 is 0 Å². The molecule has 3 aromatic rings. The fourth-order valence-corrected chi connectivity index (χ4v) is 4.40. The van der Waals surface area contributed by atoms with Crippen molar-refractivity contribution < 1.29 is 9.59 Å². The number of rotatable bonds is 1. The Morgan fingerprint density at radius 1 is 1.00 bits per heavy atom. The average Bonchev–Trinajstić information content (AvgIpc) is 2.81. The van der Waals surface area contributed by atoms with E-state index in [-0.39, 0.29) is 24.2 Å². The van der Waals surface area contributed by atoms with E-state index in [1.807, 2.05) is 23.1 Å². The summed E-state index contributed by atoms with van der Waals surface area (Å²) in [4.78, 5) is 32.5. The molecule has 0 radical (unpaired) electrons. The molecule has 0 atom stereocenters. The Morgan fingerprint density at radius 3 is 2.54 bits per heavy atom. The smallest absolute Gasteiger partial charge is 0.272 e. The Bertz CT molecular complexity index is 972. The molecule has 0 saturated carbocycles. The number of nitrogens with zero attached hydrogens (tertiary/aromatic N) is 3. The molecule has 0 bridgehead atoms. The Labute approximate surface area is 162 Å². The number of carbonyl (C=O) groups is 2. The summed E-state index contributed by atoms with van der Waals surface area (Å²) in [6.45, 7) is 4.09. The quantitative estimate of drug-likeness (QED) is 0.639. The van der Waals surface area contributed by atoms with Gasteiger partial charge in [0.1, 0.15) is 5.69 Å². The van der Waals surface area contributed by atoms with E-state index in [0.29, 0.717) is 31.9 Å².